The Hall–Kier alpha value is -2.18. The maximum absolute atomic E-state index is 12.3. The number of nitrogens with one attached hydrogen (secondary N) is 1. The van der Waals surface area contributed by atoms with Gasteiger partial charge in [-0.25, -0.2) is 0 Å². The zero-order chi connectivity index (χ0) is 17.0. The molecule has 2 rings (SSSR count). The first-order valence-corrected chi connectivity index (χ1v) is 7.60. The highest BCUT2D eigenvalue weighted by molar-refractivity contribution is 6.08. The van der Waals surface area contributed by atoms with Crippen LogP contribution in [0.5, 0.6) is 0 Å². The number of aliphatic hydroxyl groups excluding tert-OH is 2. The van der Waals surface area contributed by atoms with E-state index in [0.717, 1.165) is 11.1 Å². The molecule has 1 aliphatic rings. The van der Waals surface area contributed by atoms with Crippen LogP contribution in [-0.2, 0) is 9.59 Å². The summed E-state index contributed by atoms with van der Waals surface area (Å²) in [6, 6.07) is 6.98. The van der Waals surface area contributed by atoms with Crippen molar-refractivity contribution in [1.82, 2.24) is 10.2 Å². The standard InChI is InChI=1S/C17H22N2O4/c1-11-3-5-13(6-4-11)15-14(12(2)21)16(22)17(23)19(15)9-7-18-8-10-20/h3-6,15,18,20,22H,7-10H2,1-2H3/t15-/m0/s1. The fourth-order valence-electron chi connectivity index (χ4n) is 2.74. The predicted molar refractivity (Wildman–Crippen MR) is 85.9 cm³/mol. The van der Waals surface area contributed by atoms with Crippen molar-refractivity contribution in [3.63, 3.8) is 0 Å². The lowest BCUT2D eigenvalue weighted by molar-refractivity contribution is -0.129. The van der Waals surface area contributed by atoms with Gasteiger partial charge in [0.15, 0.2) is 11.5 Å². The van der Waals surface area contributed by atoms with E-state index in [1.54, 1.807) is 0 Å². The molecule has 0 saturated heterocycles. The molecule has 6 nitrogen and oxygen atoms in total. The van der Waals surface area contributed by atoms with Crippen LogP contribution in [0.1, 0.15) is 24.1 Å². The van der Waals surface area contributed by atoms with Gasteiger partial charge in [0.2, 0.25) is 0 Å². The van der Waals surface area contributed by atoms with E-state index in [0.29, 0.717) is 19.6 Å². The molecule has 1 amide bonds. The molecule has 0 saturated carbocycles. The first-order chi connectivity index (χ1) is 11.0. The molecule has 1 atom stereocenters. The third-order valence-corrected chi connectivity index (χ3v) is 3.89. The molecule has 1 aromatic rings. The third-order valence-electron chi connectivity index (χ3n) is 3.89. The number of hydrogen-bond acceptors (Lipinski definition) is 5. The normalized spacial score (nSPS) is 18.0. The zero-order valence-corrected chi connectivity index (χ0v) is 13.4. The first kappa shape index (κ1) is 17.2. The molecule has 0 radical (unpaired) electrons. The Balaban J connectivity index is 2.31. The van der Waals surface area contributed by atoms with E-state index in [1.807, 2.05) is 31.2 Å². The average molecular weight is 318 g/mol. The molecule has 1 aromatic carbocycles. The highest BCUT2D eigenvalue weighted by Gasteiger charge is 2.41. The minimum Gasteiger partial charge on any atom is -0.503 e. The van der Waals surface area contributed by atoms with Crippen molar-refractivity contribution in [2.24, 2.45) is 0 Å². The van der Waals surface area contributed by atoms with Crippen molar-refractivity contribution >= 4 is 11.7 Å². The summed E-state index contributed by atoms with van der Waals surface area (Å²) in [7, 11) is 0. The van der Waals surface area contributed by atoms with Crippen LogP contribution in [0, 0.1) is 6.92 Å². The molecule has 1 aliphatic heterocycles. The highest BCUT2D eigenvalue weighted by atomic mass is 16.3. The number of Topliss-reactive ketones (excluding diaryl/α,β-unsaturated/α-hetero) is 1. The number of aryl methyl sites for hydroxylation is 1. The van der Waals surface area contributed by atoms with Crippen LogP contribution in [0.25, 0.3) is 0 Å². The number of aliphatic hydroxyl groups is 2. The molecule has 0 aromatic heterocycles. The second kappa shape index (κ2) is 7.39. The number of rotatable bonds is 7. The van der Waals surface area contributed by atoms with Crippen molar-refractivity contribution in [3.05, 3.63) is 46.7 Å². The van der Waals surface area contributed by atoms with E-state index in [1.165, 1.54) is 11.8 Å². The van der Waals surface area contributed by atoms with Crippen LogP contribution in [-0.4, -0.2) is 53.0 Å². The molecule has 0 unspecified atom stereocenters. The number of carbonyl (C=O) groups excluding carboxylic acids is 2. The topological polar surface area (TPSA) is 89.9 Å². The van der Waals surface area contributed by atoms with Gasteiger partial charge in [0.1, 0.15) is 0 Å². The van der Waals surface area contributed by atoms with E-state index < -0.39 is 17.7 Å². The smallest absolute Gasteiger partial charge is 0.290 e. The summed E-state index contributed by atoms with van der Waals surface area (Å²) in [5.74, 6) is -1.32. The van der Waals surface area contributed by atoms with Gasteiger partial charge in [-0.3, -0.25) is 9.59 Å². The van der Waals surface area contributed by atoms with Crippen molar-refractivity contribution in [2.75, 3.05) is 26.2 Å². The maximum atomic E-state index is 12.3. The molecule has 0 fully saturated rings. The van der Waals surface area contributed by atoms with Crippen molar-refractivity contribution in [2.45, 2.75) is 19.9 Å². The average Bonchev–Trinajstić information content (AvgIpc) is 2.77. The van der Waals surface area contributed by atoms with Crippen LogP contribution in [0.4, 0.5) is 0 Å². The molecule has 3 N–H and O–H groups in total. The molecular formula is C17H22N2O4. The quantitative estimate of drug-likeness (QED) is 0.649. The minimum absolute atomic E-state index is 0.0114. The van der Waals surface area contributed by atoms with E-state index in [2.05, 4.69) is 5.32 Å². The second-order valence-corrected chi connectivity index (χ2v) is 5.60. The summed E-state index contributed by atoms with van der Waals surface area (Å²) in [4.78, 5) is 25.7. The van der Waals surface area contributed by atoms with Gasteiger partial charge in [0.25, 0.3) is 5.91 Å². The van der Waals surface area contributed by atoms with E-state index in [9.17, 15) is 14.7 Å². The van der Waals surface area contributed by atoms with Crippen LogP contribution < -0.4 is 5.32 Å². The molecule has 6 heteroatoms. The van der Waals surface area contributed by atoms with Gasteiger partial charge in [-0.15, -0.1) is 0 Å². The summed E-state index contributed by atoms with van der Waals surface area (Å²) >= 11 is 0. The number of benzene rings is 1. The monoisotopic (exact) mass is 318 g/mol. The Kier molecular flexibility index (Phi) is 5.52. The fraction of sp³-hybridized carbons (Fsp3) is 0.412. The predicted octanol–water partition coefficient (Wildman–Crippen LogP) is 0.861. The Bertz CT molecular complexity index is 622. The Morgan fingerprint density at radius 1 is 1.26 bits per heavy atom. The Morgan fingerprint density at radius 2 is 1.91 bits per heavy atom. The van der Waals surface area contributed by atoms with E-state index >= 15 is 0 Å². The van der Waals surface area contributed by atoms with Gasteiger partial charge in [-0.05, 0) is 19.4 Å². The first-order valence-electron chi connectivity index (χ1n) is 7.60. The molecule has 0 spiro atoms. The van der Waals surface area contributed by atoms with Crippen molar-refractivity contribution in [1.29, 1.82) is 0 Å². The Morgan fingerprint density at radius 3 is 2.48 bits per heavy atom. The lowest BCUT2D eigenvalue weighted by Crippen LogP contribution is -2.37. The SMILES string of the molecule is CC(=O)C1=C(O)C(=O)N(CCNCCO)[C@H]1c1ccc(C)cc1. The summed E-state index contributed by atoms with van der Waals surface area (Å²) < 4.78 is 0. The van der Waals surface area contributed by atoms with E-state index in [-0.39, 0.29) is 18.0 Å². The summed E-state index contributed by atoms with van der Waals surface area (Å²) in [5, 5.41) is 21.9. The molecule has 23 heavy (non-hydrogen) atoms. The van der Waals surface area contributed by atoms with Gasteiger partial charge < -0.3 is 20.4 Å². The lowest BCUT2D eigenvalue weighted by Gasteiger charge is -2.26. The van der Waals surface area contributed by atoms with Crippen molar-refractivity contribution in [3.8, 4) is 0 Å². The van der Waals surface area contributed by atoms with Crippen LogP contribution in [0.3, 0.4) is 0 Å². The van der Waals surface area contributed by atoms with Gasteiger partial charge in [0.05, 0.1) is 18.2 Å². The lowest BCUT2D eigenvalue weighted by atomic mass is 9.96. The largest absolute Gasteiger partial charge is 0.503 e. The maximum Gasteiger partial charge on any atom is 0.290 e. The van der Waals surface area contributed by atoms with Crippen LogP contribution in [0.15, 0.2) is 35.6 Å². The number of hydrogen-bond donors (Lipinski definition) is 3. The number of ketones is 1. The van der Waals surface area contributed by atoms with Gasteiger partial charge in [-0.2, -0.15) is 0 Å². The number of amides is 1. The van der Waals surface area contributed by atoms with Gasteiger partial charge in [0, 0.05) is 19.6 Å². The number of nitrogens with zero attached hydrogens (tertiary/aromatic N) is 1. The third kappa shape index (κ3) is 3.60. The summed E-state index contributed by atoms with van der Waals surface area (Å²) in [5.41, 5.74) is 2.01. The van der Waals surface area contributed by atoms with Crippen molar-refractivity contribution < 1.29 is 19.8 Å². The fourth-order valence-corrected chi connectivity index (χ4v) is 2.74. The molecule has 1 heterocycles. The van der Waals surface area contributed by atoms with Gasteiger partial charge in [-0.1, -0.05) is 29.8 Å². The molecular weight excluding hydrogens is 296 g/mol. The summed E-state index contributed by atoms with van der Waals surface area (Å²) in [6.45, 7) is 4.55. The zero-order valence-electron chi connectivity index (χ0n) is 13.4. The van der Waals surface area contributed by atoms with E-state index in [4.69, 9.17) is 5.11 Å². The minimum atomic E-state index is -0.573. The summed E-state index contributed by atoms with van der Waals surface area (Å²) in [6.07, 6.45) is 0. The van der Waals surface area contributed by atoms with Gasteiger partial charge >= 0.3 is 0 Å². The Labute approximate surface area is 135 Å². The van der Waals surface area contributed by atoms with Crippen LogP contribution in [0.2, 0.25) is 0 Å². The number of carbonyl (C=O) groups is 2. The molecule has 0 bridgehead atoms. The second-order valence-electron chi connectivity index (χ2n) is 5.60. The highest BCUT2D eigenvalue weighted by Crippen LogP contribution is 2.37. The van der Waals surface area contributed by atoms with Crippen LogP contribution >= 0.6 is 0 Å². The molecule has 124 valence electrons. The molecule has 0 aliphatic carbocycles.